The lowest BCUT2D eigenvalue weighted by Crippen LogP contribution is -2.33. The van der Waals surface area contributed by atoms with E-state index in [1.165, 1.54) is 18.3 Å². The van der Waals surface area contributed by atoms with Gasteiger partial charge in [-0.3, -0.25) is 0 Å². The first-order chi connectivity index (χ1) is 13.6. The molecule has 4 heterocycles. The minimum atomic E-state index is -2.58. The van der Waals surface area contributed by atoms with Crippen LogP contribution in [0.2, 0.25) is 0 Å². The molecule has 0 atom stereocenters. The number of nitriles is 1. The van der Waals surface area contributed by atoms with Crippen molar-refractivity contribution < 1.29 is 13.5 Å². The molecule has 2 aromatic rings. The third-order valence-electron chi connectivity index (χ3n) is 5.10. The normalized spacial score (nSPS) is 17.9. The molecule has 8 heteroatoms. The van der Waals surface area contributed by atoms with Crippen molar-refractivity contribution in [1.82, 2.24) is 9.97 Å². The number of rotatable bonds is 5. The van der Waals surface area contributed by atoms with E-state index >= 15 is 0 Å². The van der Waals surface area contributed by atoms with Crippen LogP contribution in [0.3, 0.4) is 0 Å². The highest BCUT2D eigenvalue weighted by atomic mass is 19.3. The predicted octanol–water partition coefficient (Wildman–Crippen LogP) is 4.06. The molecule has 0 spiro atoms. The van der Waals surface area contributed by atoms with Crippen molar-refractivity contribution in [1.29, 1.82) is 5.26 Å². The molecule has 1 saturated heterocycles. The van der Waals surface area contributed by atoms with E-state index in [4.69, 9.17) is 4.74 Å². The molecule has 0 aromatic carbocycles. The van der Waals surface area contributed by atoms with Gasteiger partial charge in [0.2, 0.25) is 0 Å². The van der Waals surface area contributed by atoms with E-state index in [1.807, 2.05) is 23.2 Å². The summed E-state index contributed by atoms with van der Waals surface area (Å²) >= 11 is 0. The Bertz CT molecular complexity index is 934. The summed E-state index contributed by atoms with van der Waals surface area (Å²) in [6.07, 6.45) is 3.87. The Morgan fingerprint density at radius 3 is 2.64 bits per heavy atom. The van der Waals surface area contributed by atoms with Crippen molar-refractivity contribution in [3.8, 4) is 6.07 Å². The molecule has 0 radical (unpaired) electrons. The monoisotopic (exact) mass is 383 g/mol. The Morgan fingerprint density at radius 2 is 2.00 bits per heavy atom. The summed E-state index contributed by atoms with van der Waals surface area (Å²) in [5, 5.41) is 12.9. The molecule has 0 aliphatic carbocycles. The average molecular weight is 383 g/mol. The molecule has 2 aliphatic heterocycles. The van der Waals surface area contributed by atoms with E-state index in [2.05, 4.69) is 21.4 Å². The molecule has 1 fully saturated rings. The van der Waals surface area contributed by atoms with E-state index < -0.39 is 11.8 Å². The molecule has 1 N–H and O–H groups in total. The zero-order valence-electron chi connectivity index (χ0n) is 15.1. The fourth-order valence-corrected chi connectivity index (χ4v) is 3.35. The molecular weight excluding hydrogens is 364 g/mol. The van der Waals surface area contributed by atoms with E-state index in [0.29, 0.717) is 37.7 Å². The van der Waals surface area contributed by atoms with Crippen molar-refractivity contribution in [3.05, 3.63) is 53.9 Å². The molecule has 4 rings (SSSR count). The first-order valence-corrected chi connectivity index (χ1v) is 9.06. The number of nitrogens with one attached hydrogen (secondary N) is 1. The number of hydrogen-bond acceptors (Lipinski definition) is 6. The number of pyridine rings is 2. The van der Waals surface area contributed by atoms with Crippen molar-refractivity contribution in [3.63, 3.8) is 0 Å². The first-order valence-electron chi connectivity index (χ1n) is 9.06. The van der Waals surface area contributed by atoms with Gasteiger partial charge in [-0.15, -0.1) is 0 Å². The molecule has 2 aromatic heterocycles. The van der Waals surface area contributed by atoms with Crippen molar-refractivity contribution in [2.45, 2.75) is 24.7 Å². The number of anilines is 3. The van der Waals surface area contributed by atoms with Crippen molar-refractivity contribution >= 4 is 17.5 Å². The van der Waals surface area contributed by atoms with Gasteiger partial charge in [-0.2, -0.15) is 5.26 Å². The summed E-state index contributed by atoms with van der Waals surface area (Å²) in [6.45, 7) is 1.78. The molecule has 0 saturated carbocycles. The number of alkyl halides is 2. The smallest absolute Gasteiger partial charge is 0.264 e. The Balaban J connectivity index is 1.71. The van der Waals surface area contributed by atoms with Gasteiger partial charge in [0.25, 0.3) is 6.43 Å². The highest BCUT2D eigenvalue weighted by Crippen LogP contribution is 2.37. The van der Waals surface area contributed by atoms with Gasteiger partial charge in [0, 0.05) is 37.7 Å². The maximum Gasteiger partial charge on any atom is 0.264 e. The van der Waals surface area contributed by atoms with E-state index in [0.717, 1.165) is 12.1 Å². The number of aromatic nitrogens is 2. The Hall–Kier alpha value is -3.05. The van der Waals surface area contributed by atoms with Crippen LogP contribution in [0.1, 0.15) is 30.4 Å². The minimum absolute atomic E-state index is 0.113. The number of hydrogen-bond donors (Lipinski definition) is 1. The van der Waals surface area contributed by atoms with Gasteiger partial charge >= 0.3 is 0 Å². The zero-order chi connectivity index (χ0) is 19.6. The van der Waals surface area contributed by atoms with Crippen LogP contribution in [0.5, 0.6) is 0 Å². The van der Waals surface area contributed by atoms with Crippen LogP contribution in [0.4, 0.5) is 26.2 Å². The van der Waals surface area contributed by atoms with Gasteiger partial charge in [0.05, 0.1) is 11.5 Å². The standard InChI is InChI=1S/C20H19F2N5O/c21-19(22)14-2-5-24-16(10-14)25-17-11-15(12-18(26-17)27-6-1-7-27)20(13-23)3-8-28-9-4-20/h1-2,5-6,10-12,19H,3-4,7-9H2,(H,24,25,26). The lowest BCUT2D eigenvalue weighted by Gasteiger charge is -2.33. The van der Waals surface area contributed by atoms with Crippen LogP contribution >= 0.6 is 0 Å². The molecule has 28 heavy (non-hydrogen) atoms. The van der Waals surface area contributed by atoms with Gasteiger partial charge < -0.3 is 15.0 Å². The molecule has 6 nitrogen and oxygen atoms in total. The third-order valence-corrected chi connectivity index (χ3v) is 5.10. The van der Waals surface area contributed by atoms with Crippen molar-refractivity contribution in [2.75, 3.05) is 30.0 Å². The largest absolute Gasteiger partial charge is 0.381 e. The topological polar surface area (TPSA) is 74.1 Å². The molecule has 0 amide bonds. The van der Waals surface area contributed by atoms with Crippen LogP contribution in [-0.4, -0.2) is 29.7 Å². The van der Waals surface area contributed by atoms with Crippen LogP contribution in [0.15, 0.2) is 42.7 Å². The van der Waals surface area contributed by atoms with E-state index in [9.17, 15) is 14.0 Å². The van der Waals surface area contributed by atoms with Gasteiger partial charge in [-0.25, -0.2) is 18.7 Å². The second-order valence-electron chi connectivity index (χ2n) is 6.84. The number of ether oxygens (including phenoxy) is 1. The SMILES string of the molecule is N#CC1(c2cc(Nc3cc(C(F)F)ccn3)nc(N3C=CC3)c2)CCOCC1. The lowest BCUT2D eigenvalue weighted by atomic mass is 9.75. The highest BCUT2D eigenvalue weighted by molar-refractivity contribution is 5.61. The van der Waals surface area contributed by atoms with Gasteiger partial charge in [0.15, 0.2) is 0 Å². The minimum Gasteiger partial charge on any atom is -0.381 e. The lowest BCUT2D eigenvalue weighted by molar-refractivity contribution is 0.0675. The second kappa shape index (κ2) is 7.52. The van der Waals surface area contributed by atoms with E-state index in [-0.39, 0.29) is 11.4 Å². The molecule has 0 unspecified atom stereocenters. The maximum absolute atomic E-state index is 13.0. The number of nitrogens with zero attached hydrogens (tertiary/aromatic N) is 4. The number of halogens is 2. The Kier molecular flexibility index (Phi) is 4.92. The van der Waals surface area contributed by atoms with Gasteiger partial charge in [-0.05, 0) is 48.7 Å². The quantitative estimate of drug-likeness (QED) is 0.839. The summed E-state index contributed by atoms with van der Waals surface area (Å²) in [7, 11) is 0. The maximum atomic E-state index is 13.0. The molecule has 144 valence electrons. The van der Waals surface area contributed by atoms with Crippen LogP contribution in [0.25, 0.3) is 0 Å². The first kappa shape index (κ1) is 18.3. The summed E-state index contributed by atoms with van der Waals surface area (Å²) in [5.41, 5.74) is 0.0766. The highest BCUT2D eigenvalue weighted by Gasteiger charge is 2.36. The van der Waals surface area contributed by atoms with Crippen LogP contribution < -0.4 is 10.2 Å². The molecule has 2 aliphatic rings. The summed E-state index contributed by atoms with van der Waals surface area (Å²) < 4.78 is 31.4. The third kappa shape index (κ3) is 3.53. The van der Waals surface area contributed by atoms with Gasteiger partial charge in [-0.1, -0.05) is 0 Å². The average Bonchev–Trinajstić information content (AvgIpc) is 2.67. The second-order valence-corrected chi connectivity index (χ2v) is 6.84. The van der Waals surface area contributed by atoms with Crippen LogP contribution in [0, 0.1) is 11.3 Å². The summed E-state index contributed by atoms with van der Waals surface area (Å²) in [4.78, 5) is 10.6. The van der Waals surface area contributed by atoms with E-state index in [1.54, 1.807) is 6.07 Å². The van der Waals surface area contributed by atoms with Crippen molar-refractivity contribution in [2.24, 2.45) is 0 Å². The fourth-order valence-electron chi connectivity index (χ4n) is 3.35. The Morgan fingerprint density at radius 1 is 1.21 bits per heavy atom. The Labute approximate surface area is 161 Å². The molecular formula is C20H19F2N5O. The summed E-state index contributed by atoms with van der Waals surface area (Å²) in [5.74, 6) is 1.45. The fraction of sp³-hybridized carbons (Fsp3) is 0.350. The summed E-state index contributed by atoms with van der Waals surface area (Å²) in [6, 6.07) is 8.77. The van der Waals surface area contributed by atoms with Crippen LogP contribution in [-0.2, 0) is 10.2 Å². The van der Waals surface area contributed by atoms with Gasteiger partial charge in [0.1, 0.15) is 17.5 Å². The zero-order valence-corrected chi connectivity index (χ0v) is 15.1. The predicted molar refractivity (Wildman–Crippen MR) is 101 cm³/mol. The molecule has 0 bridgehead atoms.